The number of esters is 2. The van der Waals surface area contributed by atoms with Crippen LogP contribution in [0.1, 0.15) is 15.9 Å². The van der Waals surface area contributed by atoms with Crippen molar-refractivity contribution in [3.63, 3.8) is 0 Å². The minimum absolute atomic E-state index is 0.0886. The van der Waals surface area contributed by atoms with Crippen LogP contribution < -0.4 is 5.32 Å². The number of cyclic esters (lactones) is 1. The molecule has 128 valence electrons. The molecule has 0 aliphatic carbocycles. The summed E-state index contributed by atoms with van der Waals surface area (Å²) in [5.74, 6) is -2.53. The number of nitrogens with one attached hydrogen (secondary N) is 1. The van der Waals surface area contributed by atoms with E-state index >= 15 is 0 Å². The summed E-state index contributed by atoms with van der Waals surface area (Å²) in [6.45, 7) is 1.86. The molecule has 1 atom stereocenters. The van der Waals surface area contributed by atoms with E-state index in [2.05, 4.69) is 5.32 Å². The molecule has 1 aliphatic heterocycles. The molecule has 0 radical (unpaired) electrons. The summed E-state index contributed by atoms with van der Waals surface area (Å²) in [6.07, 6.45) is -1.38. The number of halogens is 2. The van der Waals surface area contributed by atoms with Gasteiger partial charge in [-0.05, 0) is 30.7 Å². The Bertz CT molecular complexity index is 881. The summed E-state index contributed by atoms with van der Waals surface area (Å²) in [4.78, 5) is 23.9. The van der Waals surface area contributed by atoms with Gasteiger partial charge in [0, 0.05) is 5.69 Å². The highest BCUT2D eigenvalue weighted by Gasteiger charge is 2.37. The van der Waals surface area contributed by atoms with Gasteiger partial charge in [-0.3, -0.25) is 0 Å². The Hall–Kier alpha value is -2.86. The Morgan fingerprint density at radius 3 is 2.60 bits per heavy atom. The van der Waals surface area contributed by atoms with E-state index in [-0.39, 0.29) is 16.3 Å². The van der Waals surface area contributed by atoms with E-state index in [4.69, 9.17) is 21.1 Å². The lowest BCUT2D eigenvalue weighted by Gasteiger charge is -2.17. The predicted molar refractivity (Wildman–Crippen MR) is 89.4 cm³/mol. The van der Waals surface area contributed by atoms with E-state index in [9.17, 15) is 14.0 Å². The van der Waals surface area contributed by atoms with Crippen LogP contribution in [0.4, 0.5) is 10.1 Å². The van der Waals surface area contributed by atoms with E-state index in [0.29, 0.717) is 5.69 Å². The third kappa shape index (κ3) is 3.49. The Morgan fingerprint density at radius 1 is 1.20 bits per heavy atom. The minimum atomic E-state index is -1.38. The van der Waals surface area contributed by atoms with Gasteiger partial charge in [-0.1, -0.05) is 41.9 Å². The molecule has 2 aromatic rings. The first-order valence-corrected chi connectivity index (χ1v) is 7.74. The highest BCUT2D eigenvalue weighted by atomic mass is 35.5. The fraction of sp³-hybridized carbons (Fsp3) is 0.111. The van der Waals surface area contributed by atoms with Crippen molar-refractivity contribution in [2.24, 2.45) is 0 Å². The maximum Gasteiger partial charge on any atom is 0.355 e. The standard InChI is InChI=1S/C18H13ClFNO4/c1-10-6-2-5-9-13(10)21-15-14(19)17(23)25-18(15)24-16(22)11-7-3-4-8-12(11)20/h2-9,18,21H,1H3. The van der Waals surface area contributed by atoms with Crippen molar-refractivity contribution >= 4 is 29.2 Å². The van der Waals surface area contributed by atoms with Gasteiger partial charge < -0.3 is 14.8 Å². The number of benzene rings is 2. The molecule has 5 nitrogen and oxygen atoms in total. The third-order valence-corrected chi connectivity index (χ3v) is 3.95. The quantitative estimate of drug-likeness (QED) is 0.840. The molecule has 1 N–H and O–H groups in total. The molecule has 0 saturated heterocycles. The molecule has 1 unspecified atom stereocenters. The number of carbonyl (C=O) groups is 2. The van der Waals surface area contributed by atoms with Crippen molar-refractivity contribution in [1.29, 1.82) is 0 Å². The Kier molecular flexibility index (Phi) is 4.72. The molecule has 0 aromatic heterocycles. The number of aryl methyl sites for hydroxylation is 1. The van der Waals surface area contributed by atoms with Crippen LogP contribution in [0.5, 0.6) is 0 Å². The van der Waals surface area contributed by atoms with Gasteiger partial charge in [-0.15, -0.1) is 0 Å². The van der Waals surface area contributed by atoms with Crippen LogP contribution >= 0.6 is 11.6 Å². The number of ether oxygens (including phenoxy) is 2. The minimum Gasteiger partial charge on any atom is -0.415 e. The normalized spacial score (nSPS) is 16.6. The second kappa shape index (κ2) is 6.94. The molecule has 2 aromatic carbocycles. The monoisotopic (exact) mass is 361 g/mol. The fourth-order valence-electron chi connectivity index (χ4n) is 2.26. The van der Waals surface area contributed by atoms with Crippen LogP contribution in [-0.4, -0.2) is 18.2 Å². The van der Waals surface area contributed by atoms with Crippen molar-refractivity contribution in [2.75, 3.05) is 5.32 Å². The van der Waals surface area contributed by atoms with Gasteiger partial charge in [0.15, 0.2) is 5.03 Å². The summed E-state index contributed by atoms with van der Waals surface area (Å²) in [5.41, 5.74) is 1.38. The molecule has 1 heterocycles. The highest BCUT2D eigenvalue weighted by Crippen LogP contribution is 2.29. The summed E-state index contributed by atoms with van der Waals surface area (Å²) in [5, 5.41) is 2.71. The summed E-state index contributed by atoms with van der Waals surface area (Å²) >= 11 is 5.96. The van der Waals surface area contributed by atoms with E-state index in [1.165, 1.54) is 18.2 Å². The van der Waals surface area contributed by atoms with E-state index in [0.717, 1.165) is 11.6 Å². The zero-order valence-electron chi connectivity index (χ0n) is 13.1. The summed E-state index contributed by atoms with van der Waals surface area (Å²) in [7, 11) is 0. The van der Waals surface area contributed by atoms with Crippen molar-refractivity contribution in [3.05, 3.63) is 76.2 Å². The maximum atomic E-state index is 13.7. The van der Waals surface area contributed by atoms with Gasteiger partial charge in [0.25, 0.3) is 6.29 Å². The fourth-order valence-corrected chi connectivity index (χ4v) is 2.44. The van der Waals surface area contributed by atoms with Gasteiger partial charge in [-0.2, -0.15) is 0 Å². The zero-order valence-corrected chi connectivity index (χ0v) is 13.8. The third-order valence-electron chi connectivity index (χ3n) is 3.59. The number of carbonyl (C=O) groups excluding carboxylic acids is 2. The lowest BCUT2D eigenvalue weighted by molar-refractivity contribution is -0.152. The van der Waals surface area contributed by atoms with Crippen LogP contribution in [0.2, 0.25) is 0 Å². The Balaban J connectivity index is 1.84. The summed E-state index contributed by atoms with van der Waals surface area (Å²) < 4.78 is 23.8. The van der Waals surface area contributed by atoms with E-state index in [1.807, 2.05) is 19.1 Å². The van der Waals surface area contributed by atoms with Gasteiger partial charge in [-0.25, -0.2) is 14.0 Å². The van der Waals surface area contributed by atoms with Gasteiger partial charge in [0.1, 0.15) is 11.5 Å². The van der Waals surface area contributed by atoms with Crippen LogP contribution in [0.25, 0.3) is 0 Å². The number of anilines is 1. The Labute approximate surface area is 148 Å². The van der Waals surface area contributed by atoms with E-state index in [1.54, 1.807) is 12.1 Å². The maximum absolute atomic E-state index is 13.7. The number of para-hydroxylation sites is 1. The lowest BCUT2D eigenvalue weighted by atomic mass is 10.2. The van der Waals surface area contributed by atoms with Gasteiger partial charge in [0.2, 0.25) is 0 Å². The van der Waals surface area contributed by atoms with Crippen LogP contribution in [0.3, 0.4) is 0 Å². The van der Waals surface area contributed by atoms with Crippen molar-refractivity contribution in [3.8, 4) is 0 Å². The molecule has 25 heavy (non-hydrogen) atoms. The van der Waals surface area contributed by atoms with Gasteiger partial charge >= 0.3 is 11.9 Å². The molecule has 0 spiro atoms. The molecular formula is C18H13ClFNO4. The van der Waals surface area contributed by atoms with Crippen LogP contribution in [0, 0.1) is 12.7 Å². The predicted octanol–water partition coefficient (Wildman–Crippen LogP) is 3.74. The number of rotatable bonds is 4. The first-order valence-electron chi connectivity index (χ1n) is 7.36. The van der Waals surface area contributed by atoms with Crippen molar-refractivity contribution in [2.45, 2.75) is 13.2 Å². The molecule has 3 rings (SSSR count). The molecule has 0 fully saturated rings. The highest BCUT2D eigenvalue weighted by molar-refractivity contribution is 6.42. The SMILES string of the molecule is Cc1ccccc1NC1=C(Cl)C(=O)OC1OC(=O)c1ccccc1F. The van der Waals surface area contributed by atoms with Crippen molar-refractivity contribution < 1.29 is 23.5 Å². The largest absolute Gasteiger partial charge is 0.415 e. The smallest absolute Gasteiger partial charge is 0.355 e. The van der Waals surface area contributed by atoms with Gasteiger partial charge in [0.05, 0.1) is 5.56 Å². The molecule has 0 amide bonds. The van der Waals surface area contributed by atoms with Crippen LogP contribution in [-0.2, 0) is 14.3 Å². The average molecular weight is 362 g/mol. The van der Waals surface area contributed by atoms with Crippen LogP contribution in [0.15, 0.2) is 59.3 Å². The zero-order chi connectivity index (χ0) is 18.0. The Morgan fingerprint density at radius 2 is 1.88 bits per heavy atom. The van der Waals surface area contributed by atoms with E-state index < -0.39 is 24.0 Å². The average Bonchev–Trinajstić information content (AvgIpc) is 2.84. The molecule has 1 aliphatic rings. The molecule has 0 saturated carbocycles. The summed E-state index contributed by atoms with van der Waals surface area (Å²) in [6, 6.07) is 12.6. The first-order chi connectivity index (χ1) is 12.0. The lowest BCUT2D eigenvalue weighted by Crippen LogP contribution is -2.24. The molecule has 0 bridgehead atoms. The second-order valence-corrected chi connectivity index (χ2v) is 5.67. The van der Waals surface area contributed by atoms with Crippen molar-refractivity contribution in [1.82, 2.24) is 0 Å². The molecule has 7 heteroatoms. The first kappa shape index (κ1) is 17.0. The number of hydrogen-bond acceptors (Lipinski definition) is 5. The molecular weight excluding hydrogens is 349 g/mol. The number of hydrogen-bond donors (Lipinski definition) is 1. The topological polar surface area (TPSA) is 64.6 Å². The second-order valence-electron chi connectivity index (χ2n) is 5.29.